The van der Waals surface area contributed by atoms with Crippen LogP contribution in [0.2, 0.25) is 0 Å². The number of aliphatic hydroxyl groups is 1. The van der Waals surface area contributed by atoms with E-state index < -0.39 is 0 Å². The van der Waals surface area contributed by atoms with Gasteiger partial charge in [-0.3, -0.25) is 0 Å². The van der Waals surface area contributed by atoms with Gasteiger partial charge in [0.15, 0.2) is 0 Å². The SMILES string of the molecule is OCC1CCN(c2ccc(I)cn2)CC1. The van der Waals surface area contributed by atoms with E-state index in [-0.39, 0.29) is 0 Å². The van der Waals surface area contributed by atoms with Crippen LogP contribution in [-0.2, 0) is 0 Å². The third-order valence-electron chi connectivity index (χ3n) is 2.91. The van der Waals surface area contributed by atoms with E-state index in [0.29, 0.717) is 12.5 Å². The molecular formula is C11H15IN2O. The minimum atomic E-state index is 0.327. The first kappa shape index (κ1) is 11.1. The largest absolute Gasteiger partial charge is 0.396 e. The number of aliphatic hydroxyl groups excluding tert-OH is 1. The molecule has 0 unspecified atom stereocenters. The number of hydrogen-bond acceptors (Lipinski definition) is 3. The molecule has 0 atom stereocenters. The topological polar surface area (TPSA) is 36.4 Å². The number of nitrogens with zero attached hydrogens (tertiary/aromatic N) is 2. The van der Waals surface area contributed by atoms with Crippen LogP contribution >= 0.6 is 22.6 Å². The highest BCUT2D eigenvalue weighted by Crippen LogP contribution is 2.21. The van der Waals surface area contributed by atoms with E-state index in [1.165, 1.54) is 3.57 Å². The summed E-state index contributed by atoms with van der Waals surface area (Å²) < 4.78 is 1.17. The van der Waals surface area contributed by atoms with E-state index in [0.717, 1.165) is 31.7 Å². The Bertz CT molecular complexity index is 307. The first-order chi connectivity index (χ1) is 7.29. The highest BCUT2D eigenvalue weighted by atomic mass is 127. The van der Waals surface area contributed by atoms with Gasteiger partial charge >= 0.3 is 0 Å². The average molecular weight is 318 g/mol. The first-order valence-electron chi connectivity index (χ1n) is 5.27. The van der Waals surface area contributed by atoms with Crippen LogP contribution in [0.4, 0.5) is 5.82 Å². The molecule has 1 fully saturated rings. The number of hydrogen-bond donors (Lipinski definition) is 1. The predicted molar refractivity (Wildman–Crippen MR) is 69.0 cm³/mol. The summed E-state index contributed by atoms with van der Waals surface area (Å²) in [7, 11) is 0. The quantitative estimate of drug-likeness (QED) is 0.846. The van der Waals surface area contributed by atoms with Crippen molar-refractivity contribution in [2.75, 3.05) is 24.6 Å². The molecule has 0 spiro atoms. The van der Waals surface area contributed by atoms with Crippen molar-refractivity contribution in [2.24, 2.45) is 5.92 Å². The summed E-state index contributed by atoms with van der Waals surface area (Å²) in [5.74, 6) is 1.55. The minimum Gasteiger partial charge on any atom is -0.396 e. The van der Waals surface area contributed by atoms with E-state index in [9.17, 15) is 0 Å². The molecule has 82 valence electrons. The van der Waals surface area contributed by atoms with Crippen molar-refractivity contribution in [3.8, 4) is 0 Å². The van der Waals surface area contributed by atoms with E-state index >= 15 is 0 Å². The van der Waals surface area contributed by atoms with Crippen LogP contribution in [0.3, 0.4) is 0 Å². The van der Waals surface area contributed by atoms with E-state index in [1.54, 1.807) is 0 Å². The van der Waals surface area contributed by atoms with Gasteiger partial charge in [0, 0.05) is 29.5 Å². The highest BCUT2D eigenvalue weighted by molar-refractivity contribution is 14.1. The van der Waals surface area contributed by atoms with E-state index in [4.69, 9.17) is 5.11 Å². The average Bonchev–Trinajstić information content (AvgIpc) is 2.30. The number of aromatic nitrogens is 1. The maximum atomic E-state index is 9.05. The Kier molecular flexibility index (Phi) is 3.80. The lowest BCUT2D eigenvalue weighted by molar-refractivity contribution is 0.203. The van der Waals surface area contributed by atoms with Crippen LogP contribution in [-0.4, -0.2) is 29.8 Å². The van der Waals surface area contributed by atoms with Gasteiger partial charge in [-0.15, -0.1) is 0 Å². The monoisotopic (exact) mass is 318 g/mol. The molecule has 0 bridgehead atoms. The van der Waals surface area contributed by atoms with Gasteiger partial charge in [0.05, 0.1) is 0 Å². The molecule has 1 N–H and O–H groups in total. The Morgan fingerprint density at radius 2 is 2.13 bits per heavy atom. The summed E-state index contributed by atoms with van der Waals surface area (Å²) in [6.07, 6.45) is 4.04. The van der Waals surface area contributed by atoms with Crippen LogP contribution in [0.1, 0.15) is 12.8 Å². The molecule has 1 aromatic rings. The van der Waals surface area contributed by atoms with Gasteiger partial charge in [0.1, 0.15) is 5.82 Å². The molecule has 2 heterocycles. The zero-order valence-electron chi connectivity index (χ0n) is 8.56. The second-order valence-corrected chi connectivity index (χ2v) is 5.19. The molecule has 1 saturated heterocycles. The zero-order chi connectivity index (χ0) is 10.7. The minimum absolute atomic E-state index is 0.327. The molecule has 1 aliphatic rings. The molecule has 0 amide bonds. The lowest BCUT2D eigenvalue weighted by atomic mass is 9.98. The summed E-state index contributed by atoms with van der Waals surface area (Å²) in [6, 6.07) is 4.15. The molecule has 3 nitrogen and oxygen atoms in total. The third kappa shape index (κ3) is 2.81. The van der Waals surface area contributed by atoms with Crippen LogP contribution in [0.5, 0.6) is 0 Å². The Labute approximate surface area is 104 Å². The molecule has 1 aromatic heterocycles. The van der Waals surface area contributed by atoms with Gasteiger partial charge < -0.3 is 10.0 Å². The second kappa shape index (κ2) is 5.12. The summed E-state index contributed by atoms with van der Waals surface area (Å²) >= 11 is 2.26. The Hall–Kier alpha value is -0.360. The van der Waals surface area contributed by atoms with Crippen molar-refractivity contribution in [1.82, 2.24) is 4.98 Å². The summed E-state index contributed by atoms with van der Waals surface area (Å²) in [4.78, 5) is 6.70. The Morgan fingerprint density at radius 3 is 2.67 bits per heavy atom. The molecule has 15 heavy (non-hydrogen) atoms. The number of anilines is 1. The summed E-state index contributed by atoms with van der Waals surface area (Å²) in [6.45, 7) is 2.35. The first-order valence-corrected chi connectivity index (χ1v) is 6.35. The normalized spacial score (nSPS) is 18.1. The lowest BCUT2D eigenvalue weighted by Gasteiger charge is -2.31. The molecule has 2 rings (SSSR count). The fourth-order valence-corrected chi connectivity index (χ4v) is 2.22. The second-order valence-electron chi connectivity index (χ2n) is 3.95. The van der Waals surface area contributed by atoms with Crippen molar-refractivity contribution < 1.29 is 5.11 Å². The van der Waals surface area contributed by atoms with Crippen LogP contribution in [0, 0.1) is 9.49 Å². The third-order valence-corrected chi connectivity index (χ3v) is 3.55. The van der Waals surface area contributed by atoms with Crippen molar-refractivity contribution in [3.63, 3.8) is 0 Å². The molecule has 0 aromatic carbocycles. The number of piperidine rings is 1. The number of rotatable bonds is 2. The molecule has 0 radical (unpaired) electrons. The van der Waals surface area contributed by atoms with Crippen molar-refractivity contribution >= 4 is 28.4 Å². The molecule has 4 heteroatoms. The fraction of sp³-hybridized carbons (Fsp3) is 0.545. The summed E-state index contributed by atoms with van der Waals surface area (Å²) in [5.41, 5.74) is 0. The Morgan fingerprint density at radius 1 is 1.40 bits per heavy atom. The van der Waals surface area contributed by atoms with Gasteiger partial charge in [0.2, 0.25) is 0 Å². The highest BCUT2D eigenvalue weighted by Gasteiger charge is 2.18. The maximum Gasteiger partial charge on any atom is 0.128 e. The smallest absolute Gasteiger partial charge is 0.128 e. The molecule has 0 saturated carbocycles. The lowest BCUT2D eigenvalue weighted by Crippen LogP contribution is -2.35. The van der Waals surface area contributed by atoms with E-state index in [1.807, 2.05) is 6.20 Å². The Balaban J connectivity index is 1.98. The number of pyridine rings is 1. The molecular weight excluding hydrogens is 303 g/mol. The zero-order valence-corrected chi connectivity index (χ0v) is 10.7. The molecule has 0 aliphatic carbocycles. The fourth-order valence-electron chi connectivity index (χ4n) is 1.90. The van der Waals surface area contributed by atoms with Crippen molar-refractivity contribution in [3.05, 3.63) is 21.9 Å². The number of halogens is 1. The standard InChI is InChI=1S/C11H15IN2O/c12-10-1-2-11(13-7-10)14-5-3-9(8-15)4-6-14/h1-2,7,9,15H,3-6,8H2. The van der Waals surface area contributed by atoms with Gasteiger partial charge in [0.25, 0.3) is 0 Å². The van der Waals surface area contributed by atoms with Gasteiger partial charge in [-0.2, -0.15) is 0 Å². The van der Waals surface area contributed by atoms with Crippen LogP contribution < -0.4 is 4.90 Å². The van der Waals surface area contributed by atoms with Crippen LogP contribution in [0.25, 0.3) is 0 Å². The van der Waals surface area contributed by atoms with E-state index in [2.05, 4.69) is 44.6 Å². The van der Waals surface area contributed by atoms with Gasteiger partial charge in [-0.05, 0) is 53.5 Å². The van der Waals surface area contributed by atoms with Gasteiger partial charge in [-0.25, -0.2) is 4.98 Å². The van der Waals surface area contributed by atoms with Gasteiger partial charge in [-0.1, -0.05) is 0 Å². The predicted octanol–water partition coefficient (Wildman–Crippen LogP) is 1.89. The van der Waals surface area contributed by atoms with Crippen molar-refractivity contribution in [2.45, 2.75) is 12.8 Å². The van der Waals surface area contributed by atoms with Crippen LogP contribution in [0.15, 0.2) is 18.3 Å². The summed E-state index contributed by atoms with van der Waals surface area (Å²) in [5, 5.41) is 9.05. The molecule has 1 aliphatic heterocycles. The maximum absolute atomic E-state index is 9.05. The van der Waals surface area contributed by atoms with Crippen molar-refractivity contribution in [1.29, 1.82) is 0 Å².